The highest BCUT2D eigenvalue weighted by Crippen LogP contribution is 2.29. The number of carbonyl (C=O) groups excluding carboxylic acids is 2. The molecule has 1 N–H and O–H groups in total. The van der Waals surface area contributed by atoms with Crippen molar-refractivity contribution in [3.8, 4) is 0 Å². The number of anilines is 1. The summed E-state index contributed by atoms with van der Waals surface area (Å²) < 4.78 is 0. The third kappa shape index (κ3) is 2.22. The topological polar surface area (TPSA) is 92.6 Å². The van der Waals surface area contributed by atoms with E-state index in [1.807, 2.05) is 4.90 Å². The Bertz CT molecular complexity index is 583. The predicted octanol–water partition coefficient (Wildman–Crippen LogP) is 1.12. The number of nitro benzene ring substituents is 1. The molecule has 0 saturated carbocycles. The molecule has 1 fully saturated rings. The third-order valence-electron chi connectivity index (χ3n) is 3.50. The van der Waals surface area contributed by atoms with Crippen molar-refractivity contribution in [2.75, 3.05) is 18.0 Å². The van der Waals surface area contributed by atoms with Gasteiger partial charge < -0.3 is 10.2 Å². The van der Waals surface area contributed by atoms with Crippen molar-refractivity contribution >= 4 is 23.6 Å². The third-order valence-corrected chi connectivity index (χ3v) is 3.50. The molecule has 0 radical (unpaired) electrons. The Morgan fingerprint density at radius 1 is 1.45 bits per heavy atom. The van der Waals surface area contributed by atoms with Crippen LogP contribution in [0.15, 0.2) is 18.2 Å². The Hall–Kier alpha value is -2.44. The normalized spacial score (nSPS) is 17.5. The highest BCUT2D eigenvalue weighted by Gasteiger charge is 2.38. The second kappa shape index (κ2) is 4.92. The number of aldehydes is 1. The smallest absolute Gasteiger partial charge is 0.280 e. The maximum absolute atomic E-state index is 11.9. The molecule has 7 heteroatoms. The molecule has 20 heavy (non-hydrogen) atoms. The lowest BCUT2D eigenvalue weighted by atomic mass is 9.97. The summed E-state index contributed by atoms with van der Waals surface area (Å²) in [5.74, 6) is -0.116. The molecule has 1 aliphatic heterocycles. The van der Waals surface area contributed by atoms with E-state index in [4.69, 9.17) is 0 Å². The fraction of sp³-hybridized carbons (Fsp3) is 0.385. The Morgan fingerprint density at radius 3 is 2.75 bits per heavy atom. The SMILES string of the molecule is CC1(C)C(=O)NCCN1c1ccc([N+](=O)[O-])c(C=O)c1. The summed E-state index contributed by atoms with van der Waals surface area (Å²) in [6.07, 6.45) is 0.457. The lowest BCUT2D eigenvalue weighted by Crippen LogP contribution is -2.62. The lowest BCUT2D eigenvalue weighted by molar-refractivity contribution is -0.385. The zero-order valence-electron chi connectivity index (χ0n) is 11.3. The van der Waals surface area contributed by atoms with Crippen LogP contribution in [-0.4, -0.2) is 35.7 Å². The fourth-order valence-electron chi connectivity index (χ4n) is 2.32. The number of nitro groups is 1. The first-order valence-corrected chi connectivity index (χ1v) is 6.17. The van der Waals surface area contributed by atoms with Crippen LogP contribution in [0.5, 0.6) is 0 Å². The van der Waals surface area contributed by atoms with Gasteiger partial charge >= 0.3 is 0 Å². The maximum Gasteiger partial charge on any atom is 0.280 e. The molecule has 0 unspecified atom stereocenters. The molecule has 0 spiro atoms. The quantitative estimate of drug-likeness (QED) is 0.507. The Balaban J connectivity index is 2.45. The van der Waals surface area contributed by atoms with Crippen LogP contribution in [0.25, 0.3) is 0 Å². The summed E-state index contributed by atoms with van der Waals surface area (Å²) in [5, 5.41) is 13.6. The van der Waals surface area contributed by atoms with Gasteiger partial charge in [-0.2, -0.15) is 0 Å². The van der Waals surface area contributed by atoms with E-state index in [1.165, 1.54) is 12.1 Å². The van der Waals surface area contributed by atoms with Gasteiger partial charge in [0.25, 0.3) is 5.69 Å². The van der Waals surface area contributed by atoms with Crippen LogP contribution >= 0.6 is 0 Å². The number of hydrogen-bond donors (Lipinski definition) is 1. The molecule has 0 atom stereocenters. The molecule has 2 rings (SSSR count). The van der Waals surface area contributed by atoms with Gasteiger partial charge in [-0.15, -0.1) is 0 Å². The van der Waals surface area contributed by atoms with Gasteiger partial charge in [0.05, 0.1) is 10.5 Å². The van der Waals surface area contributed by atoms with E-state index in [2.05, 4.69) is 5.32 Å². The van der Waals surface area contributed by atoms with Gasteiger partial charge in [0.15, 0.2) is 6.29 Å². The number of hydrogen-bond acceptors (Lipinski definition) is 5. The molecular formula is C13H15N3O4. The van der Waals surface area contributed by atoms with Gasteiger partial charge in [0, 0.05) is 24.8 Å². The Kier molecular flexibility index (Phi) is 3.44. The molecule has 0 bridgehead atoms. The molecule has 0 aliphatic carbocycles. The van der Waals surface area contributed by atoms with Crippen molar-refractivity contribution in [1.82, 2.24) is 5.32 Å². The number of nitrogens with one attached hydrogen (secondary N) is 1. The number of rotatable bonds is 3. The van der Waals surface area contributed by atoms with E-state index in [-0.39, 0.29) is 17.2 Å². The van der Waals surface area contributed by atoms with Crippen molar-refractivity contribution in [1.29, 1.82) is 0 Å². The van der Waals surface area contributed by atoms with E-state index < -0.39 is 10.5 Å². The van der Waals surface area contributed by atoms with Gasteiger partial charge in [-0.1, -0.05) is 0 Å². The van der Waals surface area contributed by atoms with Crippen molar-refractivity contribution in [2.24, 2.45) is 0 Å². The van der Waals surface area contributed by atoms with Gasteiger partial charge in [-0.3, -0.25) is 19.7 Å². The van der Waals surface area contributed by atoms with Crippen LogP contribution in [0.2, 0.25) is 0 Å². The summed E-state index contributed by atoms with van der Waals surface area (Å²) in [7, 11) is 0. The molecule has 1 aromatic carbocycles. The first-order valence-electron chi connectivity index (χ1n) is 6.17. The van der Waals surface area contributed by atoms with Crippen molar-refractivity contribution in [2.45, 2.75) is 19.4 Å². The Labute approximate surface area is 115 Å². The predicted molar refractivity (Wildman–Crippen MR) is 72.9 cm³/mol. The molecule has 1 aromatic rings. The molecular weight excluding hydrogens is 262 g/mol. The largest absolute Gasteiger partial charge is 0.356 e. The fourth-order valence-corrected chi connectivity index (χ4v) is 2.32. The van der Waals surface area contributed by atoms with Crippen LogP contribution in [0.4, 0.5) is 11.4 Å². The van der Waals surface area contributed by atoms with E-state index in [1.54, 1.807) is 19.9 Å². The van der Waals surface area contributed by atoms with Crippen LogP contribution in [0.3, 0.4) is 0 Å². The molecule has 0 aromatic heterocycles. The van der Waals surface area contributed by atoms with Crippen molar-refractivity contribution in [3.05, 3.63) is 33.9 Å². The minimum Gasteiger partial charge on any atom is -0.356 e. The second-order valence-corrected chi connectivity index (χ2v) is 5.08. The Morgan fingerprint density at radius 2 is 2.15 bits per heavy atom. The highest BCUT2D eigenvalue weighted by atomic mass is 16.6. The number of amides is 1. The van der Waals surface area contributed by atoms with Crippen molar-refractivity contribution in [3.63, 3.8) is 0 Å². The molecule has 106 valence electrons. The van der Waals surface area contributed by atoms with Gasteiger partial charge in [-0.25, -0.2) is 0 Å². The number of nitrogens with zero attached hydrogens (tertiary/aromatic N) is 2. The molecule has 1 aliphatic rings. The van der Waals surface area contributed by atoms with Gasteiger partial charge in [0.2, 0.25) is 5.91 Å². The summed E-state index contributed by atoms with van der Waals surface area (Å²) in [4.78, 5) is 34.9. The highest BCUT2D eigenvalue weighted by molar-refractivity contribution is 5.91. The zero-order valence-corrected chi connectivity index (χ0v) is 11.3. The maximum atomic E-state index is 11.9. The van der Waals surface area contributed by atoms with E-state index in [9.17, 15) is 19.7 Å². The monoisotopic (exact) mass is 277 g/mol. The summed E-state index contributed by atoms with van der Waals surface area (Å²) in [6.45, 7) is 4.61. The first kappa shape index (κ1) is 14.0. The van der Waals surface area contributed by atoms with E-state index in [0.29, 0.717) is 25.1 Å². The standard InChI is InChI=1S/C13H15N3O4/c1-13(2)12(18)14-5-6-15(13)10-3-4-11(16(19)20)9(7-10)8-17/h3-4,7-8H,5-6H2,1-2H3,(H,14,18). The number of carbonyl (C=O) groups is 2. The molecule has 7 nitrogen and oxygen atoms in total. The summed E-state index contributed by atoms with van der Waals surface area (Å²) >= 11 is 0. The number of piperazine rings is 1. The minimum absolute atomic E-state index is 0.00859. The first-order chi connectivity index (χ1) is 9.37. The second-order valence-electron chi connectivity index (χ2n) is 5.08. The average Bonchev–Trinajstić information content (AvgIpc) is 2.41. The van der Waals surface area contributed by atoms with Gasteiger partial charge in [-0.05, 0) is 26.0 Å². The van der Waals surface area contributed by atoms with E-state index >= 15 is 0 Å². The zero-order chi connectivity index (χ0) is 14.9. The van der Waals surface area contributed by atoms with Crippen LogP contribution in [-0.2, 0) is 4.79 Å². The van der Waals surface area contributed by atoms with Crippen LogP contribution in [0.1, 0.15) is 24.2 Å². The average molecular weight is 277 g/mol. The molecule has 1 amide bonds. The minimum atomic E-state index is -0.769. The van der Waals surface area contributed by atoms with E-state index in [0.717, 1.165) is 0 Å². The van der Waals surface area contributed by atoms with Crippen molar-refractivity contribution < 1.29 is 14.5 Å². The van der Waals surface area contributed by atoms with Crippen LogP contribution in [0, 0.1) is 10.1 Å². The molecule has 1 saturated heterocycles. The number of benzene rings is 1. The molecule has 1 heterocycles. The van der Waals surface area contributed by atoms with Gasteiger partial charge in [0.1, 0.15) is 5.54 Å². The lowest BCUT2D eigenvalue weighted by Gasteiger charge is -2.42. The summed E-state index contributed by atoms with van der Waals surface area (Å²) in [5.41, 5.74) is -0.371. The summed E-state index contributed by atoms with van der Waals surface area (Å²) in [6, 6.07) is 4.30. The van der Waals surface area contributed by atoms with Crippen LogP contribution < -0.4 is 10.2 Å².